The minimum Gasteiger partial charge on any atom is -0.382 e. The molecule has 0 spiro atoms. The first kappa shape index (κ1) is 25.0. The van der Waals surface area contributed by atoms with E-state index in [0.29, 0.717) is 30.3 Å². The number of hydrogen-bond donors (Lipinski definition) is 4. The summed E-state index contributed by atoms with van der Waals surface area (Å²) in [5, 5.41) is 13.1. The van der Waals surface area contributed by atoms with Crippen molar-refractivity contribution in [2.75, 3.05) is 17.6 Å². The fourth-order valence-corrected chi connectivity index (χ4v) is 3.58. The Balaban J connectivity index is 1.50. The van der Waals surface area contributed by atoms with E-state index in [1.54, 1.807) is 6.20 Å². The topological polar surface area (TPSA) is 122 Å². The van der Waals surface area contributed by atoms with Crippen LogP contribution in [0, 0.1) is 5.92 Å². The highest BCUT2D eigenvalue weighted by Crippen LogP contribution is 2.31. The highest BCUT2D eigenvalue weighted by Gasteiger charge is 2.32. The number of aromatic amines is 1. The molecule has 1 amide bonds. The van der Waals surface area contributed by atoms with Crippen LogP contribution < -0.4 is 16.4 Å². The molecule has 0 aliphatic heterocycles. The van der Waals surface area contributed by atoms with Crippen molar-refractivity contribution >= 4 is 28.6 Å². The Kier molecular flexibility index (Phi) is 7.09. The number of hydrogen-bond acceptors (Lipinski definition) is 6. The van der Waals surface area contributed by atoms with E-state index < -0.39 is 17.6 Å². The molecule has 0 saturated carbocycles. The molecule has 0 fully saturated rings. The van der Waals surface area contributed by atoms with Crippen molar-refractivity contribution in [2.45, 2.75) is 33.0 Å². The van der Waals surface area contributed by atoms with Gasteiger partial charge in [0.1, 0.15) is 5.82 Å². The normalized spacial score (nSPS) is 11.7. The summed E-state index contributed by atoms with van der Waals surface area (Å²) in [7, 11) is 0. The molecule has 188 valence electrons. The van der Waals surface area contributed by atoms with E-state index in [-0.39, 0.29) is 17.9 Å². The standard InChI is InChI=1S/C25H26F3N7O/c1-14(2)7-8-30-24(36)20-10-18(25(26,27)28)13-33-22(20)31-11-15-3-5-16(6-4-15)17-9-19-21(29)34-35-23(19)32-12-17/h3-6,9-10,12-14H,7-8,11H2,1-2H3,(H,30,36)(H,31,33)(H3,29,32,34,35). The molecule has 0 aliphatic rings. The third-order valence-corrected chi connectivity index (χ3v) is 5.66. The van der Waals surface area contributed by atoms with Crippen molar-refractivity contribution in [1.29, 1.82) is 0 Å². The largest absolute Gasteiger partial charge is 0.417 e. The summed E-state index contributed by atoms with van der Waals surface area (Å²) in [6, 6.07) is 10.3. The van der Waals surface area contributed by atoms with Gasteiger partial charge in [-0.2, -0.15) is 18.3 Å². The third-order valence-electron chi connectivity index (χ3n) is 5.66. The minimum atomic E-state index is -4.60. The number of nitrogens with zero attached hydrogens (tertiary/aromatic N) is 3. The minimum absolute atomic E-state index is 0.0826. The van der Waals surface area contributed by atoms with Crippen molar-refractivity contribution in [3.63, 3.8) is 0 Å². The van der Waals surface area contributed by atoms with Crippen molar-refractivity contribution in [3.8, 4) is 11.1 Å². The van der Waals surface area contributed by atoms with Crippen LogP contribution in [0.5, 0.6) is 0 Å². The number of carbonyl (C=O) groups is 1. The van der Waals surface area contributed by atoms with Crippen LogP contribution in [-0.2, 0) is 12.7 Å². The van der Waals surface area contributed by atoms with Crippen LogP contribution in [-0.4, -0.2) is 32.6 Å². The number of anilines is 2. The van der Waals surface area contributed by atoms with Gasteiger partial charge < -0.3 is 16.4 Å². The smallest absolute Gasteiger partial charge is 0.382 e. The van der Waals surface area contributed by atoms with Gasteiger partial charge in [-0.1, -0.05) is 38.1 Å². The lowest BCUT2D eigenvalue weighted by Crippen LogP contribution is -2.27. The predicted octanol–water partition coefficient (Wildman–Crippen LogP) is 5.01. The van der Waals surface area contributed by atoms with Gasteiger partial charge in [-0.05, 0) is 35.6 Å². The average Bonchev–Trinajstić information content (AvgIpc) is 3.22. The number of amides is 1. The second-order valence-electron chi connectivity index (χ2n) is 8.84. The molecule has 11 heteroatoms. The van der Waals surface area contributed by atoms with E-state index in [1.807, 2.05) is 44.2 Å². The molecule has 8 nitrogen and oxygen atoms in total. The van der Waals surface area contributed by atoms with E-state index in [0.717, 1.165) is 34.3 Å². The lowest BCUT2D eigenvalue weighted by molar-refractivity contribution is -0.137. The number of benzene rings is 1. The zero-order valence-corrected chi connectivity index (χ0v) is 19.8. The van der Waals surface area contributed by atoms with Crippen LogP contribution in [0.3, 0.4) is 0 Å². The Morgan fingerprint density at radius 3 is 2.53 bits per heavy atom. The SMILES string of the molecule is CC(C)CCNC(=O)c1cc(C(F)(F)F)cnc1NCc1ccc(-c2cnc3[nH]nc(N)c3c2)cc1. The maximum absolute atomic E-state index is 13.2. The summed E-state index contributed by atoms with van der Waals surface area (Å²) in [5.74, 6) is 0.196. The maximum Gasteiger partial charge on any atom is 0.417 e. The quantitative estimate of drug-likeness (QED) is 0.272. The zero-order chi connectivity index (χ0) is 25.9. The van der Waals surface area contributed by atoms with Gasteiger partial charge in [-0.15, -0.1) is 0 Å². The molecule has 0 radical (unpaired) electrons. The van der Waals surface area contributed by atoms with E-state index >= 15 is 0 Å². The van der Waals surface area contributed by atoms with Gasteiger partial charge in [0, 0.05) is 31.0 Å². The summed E-state index contributed by atoms with van der Waals surface area (Å²) in [4.78, 5) is 20.9. The number of nitrogen functional groups attached to an aromatic ring is 1. The molecular weight excluding hydrogens is 471 g/mol. The fourth-order valence-electron chi connectivity index (χ4n) is 3.58. The Labute approximate surface area is 205 Å². The van der Waals surface area contributed by atoms with E-state index in [2.05, 4.69) is 30.8 Å². The molecule has 4 rings (SSSR count). The van der Waals surface area contributed by atoms with Gasteiger partial charge in [-0.25, -0.2) is 9.97 Å². The van der Waals surface area contributed by atoms with Crippen molar-refractivity contribution < 1.29 is 18.0 Å². The molecule has 0 atom stereocenters. The lowest BCUT2D eigenvalue weighted by atomic mass is 10.0. The van der Waals surface area contributed by atoms with Crippen LogP contribution in [0.1, 0.15) is 41.8 Å². The van der Waals surface area contributed by atoms with Crippen molar-refractivity contribution in [1.82, 2.24) is 25.5 Å². The number of fused-ring (bicyclic) bond motifs is 1. The van der Waals surface area contributed by atoms with Gasteiger partial charge in [0.25, 0.3) is 5.91 Å². The molecule has 0 unspecified atom stereocenters. The molecule has 0 aliphatic carbocycles. The first-order valence-corrected chi connectivity index (χ1v) is 11.4. The molecule has 0 saturated heterocycles. The Hall–Kier alpha value is -4.15. The summed E-state index contributed by atoms with van der Waals surface area (Å²) >= 11 is 0. The molecule has 1 aromatic carbocycles. The first-order valence-electron chi connectivity index (χ1n) is 11.4. The van der Waals surface area contributed by atoms with Gasteiger partial charge in [0.15, 0.2) is 11.5 Å². The monoisotopic (exact) mass is 497 g/mol. The predicted molar refractivity (Wildman–Crippen MR) is 132 cm³/mol. The number of halogens is 3. The Morgan fingerprint density at radius 1 is 1.08 bits per heavy atom. The molecule has 36 heavy (non-hydrogen) atoms. The maximum atomic E-state index is 13.2. The van der Waals surface area contributed by atoms with Gasteiger partial charge in [0.2, 0.25) is 0 Å². The number of nitrogens with one attached hydrogen (secondary N) is 3. The number of carbonyl (C=O) groups excluding carboxylic acids is 1. The number of alkyl halides is 3. The summed E-state index contributed by atoms with van der Waals surface area (Å²) < 4.78 is 39.7. The first-order chi connectivity index (χ1) is 17.1. The highest BCUT2D eigenvalue weighted by molar-refractivity contribution is 5.99. The summed E-state index contributed by atoms with van der Waals surface area (Å²) in [5.41, 5.74) is 7.96. The Bertz CT molecular complexity index is 1360. The van der Waals surface area contributed by atoms with Crippen LogP contribution in [0.15, 0.2) is 48.8 Å². The number of aromatic nitrogens is 4. The fraction of sp³-hybridized carbons (Fsp3) is 0.280. The second-order valence-corrected chi connectivity index (χ2v) is 8.84. The molecule has 5 N–H and O–H groups in total. The third kappa shape index (κ3) is 5.73. The Morgan fingerprint density at radius 2 is 1.83 bits per heavy atom. The number of rotatable bonds is 8. The van der Waals surface area contributed by atoms with Gasteiger partial charge >= 0.3 is 6.18 Å². The molecule has 3 heterocycles. The van der Waals surface area contributed by atoms with Crippen molar-refractivity contribution in [2.24, 2.45) is 5.92 Å². The summed E-state index contributed by atoms with van der Waals surface area (Å²) in [6.45, 7) is 4.62. The number of pyridine rings is 2. The van der Waals surface area contributed by atoms with E-state index in [9.17, 15) is 18.0 Å². The molecule has 3 aromatic heterocycles. The van der Waals surface area contributed by atoms with Crippen LogP contribution >= 0.6 is 0 Å². The molecular formula is C25H26F3N7O. The van der Waals surface area contributed by atoms with E-state index in [1.165, 1.54) is 0 Å². The lowest BCUT2D eigenvalue weighted by Gasteiger charge is -2.15. The van der Waals surface area contributed by atoms with Crippen LogP contribution in [0.25, 0.3) is 22.2 Å². The number of nitrogens with two attached hydrogens (primary N) is 1. The van der Waals surface area contributed by atoms with Crippen LogP contribution in [0.4, 0.5) is 24.8 Å². The van der Waals surface area contributed by atoms with E-state index in [4.69, 9.17) is 5.73 Å². The van der Waals surface area contributed by atoms with Gasteiger partial charge in [0.05, 0.1) is 16.5 Å². The summed E-state index contributed by atoms with van der Waals surface area (Å²) in [6.07, 6.45) is -1.46. The molecule has 4 aromatic rings. The zero-order valence-electron chi connectivity index (χ0n) is 19.8. The second kappa shape index (κ2) is 10.2. The number of H-pyrrole nitrogens is 1. The molecule has 0 bridgehead atoms. The van der Waals surface area contributed by atoms with Crippen LogP contribution in [0.2, 0.25) is 0 Å². The average molecular weight is 498 g/mol. The highest BCUT2D eigenvalue weighted by atomic mass is 19.4. The van der Waals surface area contributed by atoms with Gasteiger partial charge in [-0.3, -0.25) is 9.89 Å². The van der Waals surface area contributed by atoms with Crippen molar-refractivity contribution in [3.05, 3.63) is 65.5 Å².